The molecule has 0 aliphatic carbocycles. The zero-order valence-corrected chi connectivity index (χ0v) is 11.0. The van der Waals surface area contributed by atoms with Crippen molar-refractivity contribution in [3.63, 3.8) is 0 Å². The van der Waals surface area contributed by atoms with Gasteiger partial charge in [-0.25, -0.2) is 8.78 Å². The smallest absolute Gasteiger partial charge is 0.231 e. The summed E-state index contributed by atoms with van der Waals surface area (Å²) in [6.45, 7) is -0.367. The number of hydrogen-bond acceptors (Lipinski definition) is 2. The molecule has 0 saturated heterocycles. The van der Waals surface area contributed by atoms with Gasteiger partial charge in [-0.05, 0) is 24.3 Å². The van der Waals surface area contributed by atoms with E-state index in [0.717, 1.165) is 12.1 Å². The van der Waals surface area contributed by atoms with E-state index in [2.05, 4.69) is 0 Å². The number of ether oxygens (including phenoxy) is 2. The minimum absolute atomic E-state index is 0.0741. The van der Waals surface area contributed by atoms with E-state index >= 15 is 0 Å². The molecule has 0 amide bonds. The number of benzene rings is 2. The van der Waals surface area contributed by atoms with Gasteiger partial charge in [-0.3, -0.25) is 0 Å². The summed E-state index contributed by atoms with van der Waals surface area (Å²) in [5, 5.41) is 0.649. The van der Waals surface area contributed by atoms with E-state index in [4.69, 9.17) is 32.7 Å². The van der Waals surface area contributed by atoms with Crippen molar-refractivity contribution >= 4 is 23.2 Å². The van der Waals surface area contributed by atoms with Crippen LogP contribution < -0.4 is 9.47 Å². The predicted octanol–water partition coefficient (Wildman–Crippen LogP) is 4.69. The summed E-state index contributed by atoms with van der Waals surface area (Å²) in [4.78, 5) is 0. The normalized spacial score (nSPS) is 10.3. The quantitative estimate of drug-likeness (QED) is 0.763. The molecule has 0 aliphatic heterocycles. The highest BCUT2D eigenvalue weighted by atomic mass is 35.5. The van der Waals surface area contributed by atoms with Crippen molar-refractivity contribution in [2.75, 3.05) is 6.79 Å². The monoisotopic (exact) mass is 304 g/mol. The van der Waals surface area contributed by atoms with Gasteiger partial charge in [-0.1, -0.05) is 23.2 Å². The van der Waals surface area contributed by atoms with Crippen LogP contribution in [-0.2, 0) is 0 Å². The molecular formula is C13H8Cl2F2O2. The molecule has 0 atom stereocenters. The second-order valence-electron chi connectivity index (χ2n) is 3.56. The maximum atomic E-state index is 13.3. The van der Waals surface area contributed by atoms with Gasteiger partial charge in [-0.2, -0.15) is 0 Å². The van der Waals surface area contributed by atoms with Crippen LogP contribution in [0.3, 0.4) is 0 Å². The van der Waals surface area contributed by atoms with E-state index < -0.39 is 11.6 Å². The van der Waals surface area contributed by atoms with Gasteiger partial charge in [-0.15, -0.1) is 0 Å². The largest absolute Gasteiger partial charge is 0.454 e. The molecule has 6 heteroatoms. The SMILES string of the molecule is Fc1ccc(Cl)cc1OCOc1cc(Cl)ccc1F. The van der Waals surface area contributed by atoms with Gasteiger partial charge in [0, 0.05) is 22.2 Å². The third kappa shape index (κ3) is 3.72. The van der Waals surface area contributed by atoms with Crippen LogP contribution in [0.5, 0.6) is 11.5 Å². The van der Waals surface area contributed by atoms with Crippen LogP contribution in [0.4, 0.5) is 8.78 Å². The van der Waals surface area contributed by atoms with Gasteiger partial charge in [0.15, 0.2) is 23.1 Å². The fraction of sp³-hybridized carbons (Fsp3) is 0.0769. The second kappa shape index (κ2) is 6.08. The highest BCUT2D eigenvalue weighted by Gasteiger charge is 2.07. The Morgan fingerprint density at radius 1 is 0.789 bits per heavy atom. The average molecular weight is 305 g/mol. The van der Waals surface area contributed by atoms with E-state index in [1.54, 1.807) is 0 Å². The van der Waals surface area contributed by atoms with E-state index in [9.17, 15) is 8.78 Å². The molecule has 19 heavy (non-hydrogen) atoms. The molecule has 0 fully saturated rings. The van der Waals surface area contributed by atoms with Crippen molar-refractivity contribution in [3.8, 4) is 11.5 Å². The highest BCUT2D eigenvalue weighted by Crippen LogP contribution is 2.24. The summed E-state index contributed by atoms with van der Waals surface area (Å²) < 4.78 is 36.7. The van der Waals surface area contributed by atoms with Crippen LogP contribution in [0.2, 0.25) is 10.0 Å². The predicted molar refractivity (Wildman–Crippen MR) is 68.9 cm³/mol. The van der Waals surface area contributed by atoms with E-state index in [0.29, 0.717) is 10.0 Å². The van der Waals surface area contributed by atoms with Gasteiger partial charge in [0.2, 0.25) is 6.79 Å². The summed E-state index contributed by atoms with van der Waals surface area (Å²) in [6.07, 6.45) is 0. The third-order valence-corrected chi connectivity index (χ3v) is 2.69. The average Bonchev–Trinajstić information content (AvgIpc) is 2.38. The zero-order chi connectivity index (χ0) is 13.8. The lowest BCUT2D eigenvalue weighted by atomic mass is 10.3. The summed E-state index contributed by atoms with van der Waals surface area (Å²) in [5.41, 5.74) is 0. The van der Waals surface area contributed by atoms with Gasteiger partial charge in [0.05, 0.1) is 0 Å². The molecule has 0 bridgehead atoms. The lowest BCUT2D eigenvalue weighted by Gasteiger charge is -2.10. The Morgan fingerprint density at radius 3 is 1.63 bits per heavy atom. The van der Waals surface area contributed by atoms with Crippen molar-refractivity contribution in [1.82, 2.24) is 0 Å². The zero-order valence-electron chi connectivity index (χ0n) is 9.50. The lowest BCUT2D eigenvalue weighted by molar-refractivity contribution is 0.111. The van der Waals surface area contributed by atoms with E-state index in [1.165, 1.54) is 24.3 Å². The molecule has 0 radical (unpaired) electrons. The molecule has 0 N–H and O–H groups in total. The van der Waals surface area contributed by atoms with Crippen LogP contribution in [-0.4, -0.2) is 6.79 Å². The summed E-state index contributed by atoms with van der Waals surface area (Å²) in [5.74, 6) is -1.32. The van der Waals surface area contributed by atoms with Crippen molar-refractivity contribution < 1.29 is 18.3 Å². The Hall–Kier alpha value is -1.52. The van der Waals surface area contributed by atoms with Gasteiger partial charge < -0.3 is 9.47 Å². The van der Waals surface area contributed by atoms with Crippen molar-refractivity contribution in [1.29, 1.82) is 0 Å². The molecule has 2 aromatic rings. The molecule has 2 nitrogen and oxygen atoms in total. The molecule has 2 aromatic carbocycles. The first-order chi connectivity index (χ1) is 9.06. The second-order valence-corrected chi connectivity index (χ2v) is 4.43. The third-order valence-electron chi connectivity index (χ3n) is 2.22. The molecule has 100 valence electrons. The van der Waals surface area contributed by atoms with Crippen LogP contribution >= 0.6 is 23.2 Å². The van der Waals surface area contributed by atoms with Gasteiger partial charge >= 0.3 is 0 Å². The Bertz CT molecular complexity index is 539. The number of hydrogen-bond donors (Lipinski definition) is 0. The summed E-state index contributed by atoms with van der Waals surface area (Å²) in [7, 11) is 0. The first kappa shape index (κ1) is 13.9. The summed E-state index contributed by atoms with van der Waals surface area (Å²) >= 11 is 11.4. The summed E-state index contributed by atoms with van der Waals surface area (Å²) in [6, 6.07) is 7.71. The number of rotatable bonds is 4. The Labute approximate surface area is 118 Å². The van der Waals surface area contributed by atoms with Crippen LogP contribution in [0.1, 0.15) is 0 Å². The highest BCUT2D eigenvalue weighted by molar-refractivity contribution is 6.31. The van der Waals surface area contributed by atoms with Crippen molar-refractivity contribution in [3.05, 3.63) is 58.1 Å². The molecule has 0 aliphatic rings. The molecule has 0 aromatic heterocycles. The first-order valence-corrected chi connectivity index (χ1v) is 5.97. The van der Waals surface area contributed by atoms with Gasteiger partial charge in [0.1, 0.15) is 0 Å². The standard InChI is InChI=1S/C13H8Cl2F2O2/c14-8-1-3-10(16)12(5-8)18-7-19-13-6-9(15)2-4-11(13)17/h1-6H,7H2. The fourth-order valence-corrected chi connectivity index (χ4v) is 1.66. The Morgan fingerprint density at radius 2 is 1.21 bits per heavy atom. The lowest BCUT2D eigenvalue weighted by Crippen LogP contribution is -2.07. The van der Waals surface area contributed by atoms with Crippen LogP contribution in [0.15, 0.2) is 36.4 Å². The van der Waals surface area contributed by atoms with Crippen molar-refractivity contribution in [2.24, 2.45) is 0 Å². The Kier molecular flexibility index (Phi) is 4.45. The molecule has 0 unspecified atom stereocenters. The van der Waals surface area contributed by atoms with Crippen LogP contribution in [0.25, 0.3) is 0 Å². The molecule has 0 spiro atoms. The minimum atomic E-state index is -0.584. The topological polar surface area (TPSA) is 18.5 Å². The molecular weight excluding hydrogens is 297 g/mol. The number of halogens is 4. The molecule has 0 saturated carbocycles. The van der Waals surface area contributed by atoms with Gasteiger partial charge in [0.25, 0.3) is 0 Å². The van der Waals surface area contributed by atoms with E-state index in [-0.39, 0.29) is 18.3 Å². The van der Waals surface area contributed by atoms with E-state index in [1.807, 2.05) is 0 Å². The van der Waals surface area contributed by atoms with Crippen molar-refractivity contribution in [2.45, 2.75) is 0 Å². The van der Waals surface area contributed by atoms with Crippen LogP contribution in [0, 0.1) is 11.6 Å². The molecule has 2 rings (SSSR count). The maximum absolute atomic E-state index is 13.3. The Balaban J connectivity index is 2.00. The molecule has 0 heterocycles. The fourth-order valence-electron chi connectivity index (χ4n) is 1.33. The minimum Gasteiger partial charge on any atom is -0.454 e. The first-order valence-electron chi connectivity index (χ1n) is 5.22. The maximum Gasteiger partial charge on any atom is 0.231 e.